The largest absolute Gasteiger partial charge is 0.456 e. The zero-order chi connectivity index (χ0) is 45.6. The van der Waals surface area contributed by atoms with Crippen LogP contribution in [0.15, 0.2) is 220 Å². The third kappa shape index (κ3) is 5.37. The number of hydrogen-bond acceptors (Lipinski definition) is 6. The fourth-order valence-electron chi connectivity index (χ4n) is 11.2. The van der Waals surface area contributed by atoms with E-state index < -0.39 is 0 Å². The van der Waals surface area contributed by atoms with Gasteiger partial charge in [0.15, 0.2) is 17.5 Å². The molecular formula is C63H34N4O3. The fraction of sp³-hybridized carbons (Fsp3) is 0. The van der Waals surface area contributed by atoms with E-state index in [4.69, 9.17) is 28.2 Å². The second-order valence-electron chi connectivity index (χ2n) is 18.3. The standard InChI is InChI=1S/C63H34N4O3/c1-2-13-37-34-52-49(30-36(37)12-1)58-42-14-4-3-11-35(42)21-26-51(58)67(52)41-24-25-43-40(29-41)33-50(60-59(43)46-17-7-10-20-55(46)70-60)63-65-61(38-22-27-56-47(31-38)44-15-5-8-18-53(44)68-56)64-62(66-63)39-23-28-57-48(32-39)45-16-6-9-19-54(45)69-57/h1-34H. The van der Waals surface area contributed by atoms with E-state index in [0.717, 1.165) is 104 Å². The normalized spacial score (nSPS) is 12.3. The van der Waals surface area contributed by atoms with Crippen molar-refractivity contribution < 1.29 is 13.3 Å². The van der Waals surface area contributed by atoms with E-state index in [0.29, 0.717) is 23.1 Å². The zero-order valence-corrected chi connectivity index (χ0v) is 37.1. The average molecular weight is 895 g/mol. The van der Waals surface area contributed by atoms with Crippen LogP contribution in [-0.4, -0.2) is 19.5 Å². The summed E-state index contributed by atoms with van der Waals surface area (Å²) in [5, 5.41) is 15.5. The average Bonchev–Trinajstić information content (AvgIpc) is 4.18. The van der Waals surface area contributed by atoms with Crippen molar-refractivity contribution in [2.45, 2.75) is 0 Å². The molecule has 0 aliphatic rings. The van der Waals surface area contributed by atoms with Crippen molar-refractivity contribution in [3.63, 3.8) is 0 Å². The minimum Gasteiger partial charge on any atom is -0.456 e. The number of benzene rings is 11. The number of aromatic nitrogens is 4. The Morgan fingerprint density at radius 1 is 0.300 bits per heavy atom. The quantitative estimate of drug-likeness (QED) is 0.175. The fourth-order valence-corrected chi connectivity index (χ4v) is 11.2. The van der Waals surface area contributed by atoms with Crippen LogP contribution >= 0.6 is 0 Å². The van der Waals surface area contributed by atoms with Gasteiger partial charge in [0.05, 0.1) is 16.6 Å². The Labute approximate surface area is 397 Å². The highest BCUT2D eigenvalue weighted by atomic mass is 16.3. The number of rotatable bonds is 4. The monoisotopic (exact) mass is 894 g/mol. The molecule has 70 heavy (non-hydrogen) atoms. The maximum Gasteiger partial charge on any atom is 0.167 e. The highest BCUT2D eigenvalue weighted by molar-refractivity contribution is 6.25. The molecule has 7 nitrogen and oxygen atoms in total. The lowest BCUT2D eigenvalue weighted by molar-refractivity contribution is 0.668. The molecule has 0 spiro atoms. The summed E-state index contributed by atoms with van der Waals surface area (Å²) in [4.78, 5) is 16.0. The molecule has 5 aromatic heterocycles. The number of hydrogen-bond donors (Lipinski definition) is 0. The summed E-state index contributed by atoms with van der Waals surface area (Å²) in [6, 6.07) is 72.3. The number of nitrogens with zero attached hydrogens (tertiary/aromatic N) is 4. The Hall–Kier alpha value is -9.59. The highest BCUT2D eigenvalue weighted by Gasteiger charge is 2.23. The van der Waals surface area contributed by atoms with Crippen molar-refractivity contribution in [2.75, 3.05) is 0 Å². The topological polar surface area (TPSA) is 83.0 Å². The van der Waals surface area contributed by atoms with E-state index in [1.807, 2.05) is 72.8 Å². The van der Waals surface area contributed by atoms with Crippen molar-refractivity contribution in [1.82, 2.24) is 19.5 Å². The van der Waals surface area contributed by atoms with Gasteiger partial charge in [-0.3, -0.25) is 0 Å². The lowest BCUT2D eigenvalue weighted by Gasteiger charge is -2.13. The molecule has 0 atom stereocenters. The SMILES string of the molecule is c1ccc2cc3c(cc2c1)c1c2ccccc2ccc1n3-c1ccc2c(c1)cc(-c1nc(-c3ccc4oc5ccccc5c4c3)nc(-c3ccc4oc5ccccc5c4c3)n1)c1oc3ccccc3c12. The molecule has 5 heterocycles. The Bertz CT molecular complexity index is 4780. The van der Waals surface area contributed by atoms with Crippen molar-refractivity contribution >= 4 is 120 Å². The predicted octanol–water partition coefficient (Wildman–Crippen LogP) is 17.1. The first-order chi connectivity index (χ1) is 34.6. The highest BCUT2D eigenvalue weighted by Crippen LogP contribution is 2.44. The van der Waals surface area contributed by atoms with Crippen LogP contribution in [0.2, 0.25) is 0 Å². The Morgan fingerprint density at radius 3 is 1.53 bits per heavy atom. The summed E-state index contributed by atoms with van der Waals surface area (Å²) in [5.74, 6) is 1.57. The molecule has 16 aromatic rings. The smallest absolute Gasteiger partial charge is 0.167 e. The molecule has 0 saturated carbocycles. The predicted molar refractivity (Wildman–Crippen MR) is 285 cm³/mol. The van der Waals surface area contributed by atoms with E-state index in [1.165, 1.54) is 32.3 Å². The molecule has 0 radical (unpaired) electrons. The van der Waals surface area contributed by atoms with E-state index >= 15 is 0 Å². The minimum absolute atomic E-state index is 0.500. The molecule has 11 aromatic carbocycles. The number of para-hydroxylation sites is 3. The first-order valence-corrected chi connectivity index (χ1v) is 23.5. The molecule has 0 aliphatic heterocycles. The van der Waals surface area contributed by atoms with Crippen LogP contribution in [0.4, 0.5) is 0 Å². The molecule has 0 bridgehead atoms. The van der Waals surface area contributed by atoms with E-state index in [-0.39, 0.29) is 0 Å². The van der Waals surface area contributed by atoms with Gasteiger partial charge in [-0.25, -0.2) is 15.0 Å². The van der Waals surface area contributed by atoms with Crippen LogP contribution in [-0.2, 0) is 0 Å². The van der Waals surface area contributed by atoms with Crippen molar-refractivity contribution in [3.8, 4) is 39.9 Å². The van der Waals surface area contributed by atoms with Crippen LogP contribution in [0.25, 0.3) is 160 Å². The molecule has 0 aliphatic carbocycles. The van der Waals surface area contributed by atoms with Crippen molar-refractivity contribution in [1.29, 1.82) is 0 Å². The number of fused-ring (bicyclic) bond motifs is 17. The molecule has 324 valence electrons. The summed E-state index contributed by atoms with van der Waals surface area (Å²) in [5.41, 5.74) is 10.6. The van der Waals surface area contributed by atoms with Gasteiger partial charge >= 0.3 is 0 Å². The summed E-state index contributed by atoms with van der Waals surface area (Å²) >= 11 is 0. The summed E-state index contributed by atoms with van der Waals surface area (Å²) in [7, 11) is 0. The molecule has 7 heteroatoms. The molecule has 0 amide bonds. The lowest BCUT2D eigenvalue weighted by Crippen LogP contribution is -2.01. The van der Waals surface area contributed by atoms with Gasteiger partial charge in [0, 0.05) is 59.9 Å². The summed E-state index contributed by atoms with van der Waals surface area (Å²) in [6.45, 7) is 0. The second-order valence-corrected chi connectivity index (χ2v) is 18.3. The van der Waals surface area contributed by atoms with Gasteiger partial charge in [-0.15, -0.1) is 0 Å². The molecule has 0 fully saturated rings. The zero-order valence-electron chi connectivity index (χ0n) is 37.1. The summed E-state index contributed by atoms with van der Waals surface area (Å²) in [6.07, 6.45) is 0. The van der Waals surface area contributed by atoms with Gasteiger partial charge in [-0.2, -0.15) is 0 Å². The number of furan rings is 3. The Morgan fingerprint density at radius 2 is 0.843 bits per heavy atom. The first kappa shape index (κ1) is 37.5. The Kier molecular flexibility index (Phi) is 7.49. The maximum atomic E-state index is 6.90. The van der Waals surface area contributed by atoms with Crippen LogP contribution in [0.3, 0.4) is 0 Å². The van der Waals surface area contributed by atoms with Gasteiger partial charge in [0.1, 0.15) is 33.5 Å². The van der Waals surface area contributed by atoms with Crippen LogP contribution < -0.4 is 0 Å². The van der Waals surface area contributed by atoms with Gasteiger partial charge < -0.3 is 17.8 Å². The van der Waals surface area contributed by atoms with Crippen LogP contribution in [0.5, 0.6) is 0 Å². The van der Waals surface area contributed by atoms with E-state index in [1.54, 1.807) is 0 Å². The second kappa shape index (κ2) is 14.0. The van der Waals surface area contributed by atoms with Crippen LogP contribution in [0.1, 0.15) is 0 Å². The lowest BCUT2D eigenvalue weighted by atomic mass is 9.99. The van der Waals surface area contributed by atoms with E-state index in [2.05, 4.69) is 138 Å². The van der Waals surface area contributed by atoms with Crippen molar-refractivity contribution in [3.05, 3.63) is 206 Å². The van der Waals surface area contributed by atoms with E-state index in [9.17, 15) is 0 Å². The molecular weight excluding hydrogens is 861 g/mol. The Balaban J connectivity index is 0.976. The molecule has 16 rings (SSSR count). The molecule has 0 saturated heterocycles. The van der Waals surface area contributed by atoms with Gasteiger partial charge in [0.2, 0.25) is 0 Å². The molecule has 0 N–H and O–H groups in total. The third-order valence-corrected chi connectivity index (χ3v) is 14.4. The third-order valence-electron chi connectivity index (χ3n) is 14.4. The summed E-state index contributed by atoms with van der Waals surface area (Å²) < 4.78 is 21.8. The molecule has 0 unspecified atom stereocenters. The van der Waals surface area contributed by atoms with Crippen molar-refractivity contribution in [2.24, 2.45) is 0 Å². The first-order valence-electron chi connectivity index (χ1n) is 23.5. The van der Waals surface area contributed by atoms with Gasteiger partial charge in [-0.1, -0.05) is 115 Å². The van der Waals surface area contributed by atoms with Crippen LogP contribution in [0, 0.1) is 0 Å². The van der Waals surface area contributed by atoms with Gasteiger partial charge in [-0.05, 0) is 123 Å². The van der Waals surface area contributed by atoms with Gasteiger partial charge in [0.25, 0.3) is 0 Å². The minimum atomic E-state index is 0.500. The maximum absolute atomic E-state index is 6.90.